The minimum absolute atomic E-state index is 0.106. The Hall–Kier alpha value is -0.370. The van der Waals surface area contributed by atoms with Crippen LogP contribution in [0, 0.1) is 5.92 Å². The summed E-state index contributed by atoms with van der Waals surface area (Å²) in [5.41, 5.74) is 0. The van der Waals surface area contributed by atoms with Gasteiger partial charge in [0, 0.05) is 6.61 Å². The summed E-state index contributed by atoms with van der Waals surface area (Å²) in [7, 11) is 0. The largest absolute Gasteiger partial charge is 0.374 e. The molecule has 0 aliphatic rings. The highest BCUT2D eigenvalue weighted by Crippen LogP contribution is 2.02. The van der Waals surface area contributed by atoms with Crippen molar-refractivity contribution >= 4 is 5.78 Å². The fraction of sp³-hybridized carbons (Fsp3) is 0.889. The van der Waals surface area contributed by atoms with E-state index in [2.05, 4.69) is 13.8 Å². The highest BCUT2D eigenvalue weighted by molar-refractivity contribution is 5.76. The molecule has 0 saturated carbocycles. The van der Waals surface area contributed by atoms with Crippen LogP contribution < -0.4 is 0 Å². The van der Waals surface area contributed by atoms with Crippen molar-refractivity contribution in [1.82, 2.24) is 0 Å². The predicted molar refractivity (Wildman–Crippen MR) is 45.6 cm³/mol. The Kier molecular flexibility index (Phi) is 6.13. The van der Waals surface area contributed by atoms with Gasteiger partial charge in [-0.15, -0.1) is 0 Å². The molecule has 0 aromatic carbocycles. The van der Waals surface area contributed by atoms with Gasteiger partial charge in [-0.05, 0) is 25.7 Å². The first-order chi connectivity index (χ1) is 5.13. The minimum Gasteiger partial charge on any atom is -0.374 e. The van der Waals surface area contributed by atoms with Crippen molar-refractivity contribution in [3.8, 4) is 0 Å². The number of carbonyl (C=O) groups excluding carboxylic acids is 1. The van der Waals surface area contributed by atoms with Crippen molar-refractivity contribution in [1.29, 1.82) is 0 Å². The topological polar surface area (TPSA) is 26.3 Å². The van der Waals surface area contributed by atoms with Gasteiger partial charge in [-0.25, -0.2) is 0 Å². The number of Topliss-reactive ketones (excluding diaryl/α,β-unsaturated/α-hetero) is 1. The van der Waals surface area contributed by atoms with Gasteiger partial charge in [-0.1, -0.05) is 13.8 Å². The highest BCUT2D eigenvalue weighted by atomic mass is 16.5. The third-order valence-electron chi connectivity index (χ3n) is 1.38. The molecule has 0 unspecified atom stereocenters. The molecule has 0 aliphatic carbocycles. The number of carbonyl (C=O) groups is 1. The van der Waals surface area contributed by atoms with E-state index in [9.17, 15) is 4.79 Å². The Morgan fingerprint density at radius 2 is 2.09 bits per heavy atom. The molecule has 0 saturated heterocycles. The average molecular weight is 158 g/mol. The van der Waals surface area contributed by atoms with Crippen LogP contribution in [0.15, 0.2) is 0 Å². The zero-order chi connectivity index (χ0) is 8.69. The summed E-state index contributed by atoms with van der Waals surface area (Å²) in [6.45, 7) is 6.91. The van der Waals surface area contributed by atoms with Gasteiger partial charge in [-0.3, -0.25) is 4.79 Å². The van der Waals surface area contributed by atoms with E-state index in [0.29, 0.717) is 0 Å². The van der Waals surface area contributed by atoms with Gasteiger partial charge in [0.2, 0.25) is 0 Å². The molecule has 0 rings (SSSR count). The van der Waals surface area contributed by atoms with Crippen LogP contribution in [0.25, 0.3) is 0 Å². The Morgan fingerprint density at radius 1 is 1.45 bits per heavy atom. The molecular weight excluding hydrogens is 140 g/mol. The van der Waals surface area contributed by atoms with Gasteiger partial charge in [0.1, 0.15) is 6.61 Å². The molecular formula is C9H18O2. The highest BCUT2D eigenvalue weighted by Gasteiger charge is 1.95. The fourth-order valence-electron chi connectivity index (χ4n) is 0.810. The van der Waals surface area contributed by atoms with Gasteiger partial charge >= 0.3 is 0 Å². The number of rotatable bonds is 6. The van der Waals surface area contributed by atoms with Crippen LogP contribution in [-0.2, 0) is 9.53 Å². The Balaban J connectivity index is 2.97. The molecule has 0 heterocycles. The molecule has 0 spiro atoms. The van der Waals surface area contributed by atoms with Crippen LogP contribution in [0.2, 0.25) is 0 Å². The zero-order valence-electron chi connectivity index (χ0n) is 7.72. The maximum atomic E-state index is 10.4. The Bertz CT molecular complexity index is 108. The van der Waals surface area contributed by atoms with E-state index in [1.807, 2.05) is 0 Å². The van der Waals surface area contributed by atoms with Crippen LogP contribution in [0.3, 0.4) is 0 Å². The molecule has 0 radical (unpaired) electrons. The summed E-state index contributed by atoms with van der Waals surface area (Å²) in [5, 5.41) is 0. The first kappa shape index (κ1) is 10.6. The third kappa shape index (κ3) is 9.63. The van der Waals surface area contributed by atoms with Gasteiger partial charge in [0.25, 0.3) is 0 Å². The van der Waals surface area contributed by atoms with Crippen molar-refractivity contribution < 1.29 is 9.53 Å². The van der Waals surface area contributed by atoms with Gasteiger partial charge < -0.3 is 4.74 Å². The maximum absolute atomic E-state index is 10.4. The summed E-state index contributed by atoms with van der Waals surface area (Å²) in [6, 6.07) is 0. The lowest BCUT2D eigenvalue weighted by atomic mass is 10.1. The van der Waals surface area contributed by atoms with Crippen molar-refractivity contribution in [3.05, 3.63) is 0 Å². The molecule has 2 nitrogen and oxygen atoms in total. The van der Waals surface area contributed by atoms with E-state index in [-0.39, 0.29) is 12.4 Å². The maximum Gasteiger partial charge on any atom is 0.155 e. The standard InChI is InChI=1S/C9H18O2/c1-8(2)5-4-6-11-7-9(3)10/h8H,4-7H2,1-3H3. The molecule has 0 aliphatic heterocycles. The van der Waals surface area contributed by atoms with E-state index in [4.69, 9.17) is 4.74 Å². The molecule has 0 amide bonds. The molecule has 11 heavy (non-hydrogen) atoms. The van der Waals surface area contributed by atoms with Crippen LogP contribution in [-0.4, -0.2) is 19.0 Å². The second kappa shape index (κ2) is 6.35. The summed E-state index contributed by atoms with van der Waals surface area (Å²) in [4.78, 5) is 10.4. The molecule has 0 bridgehead atoms. The molecule has 0 fully saturated rings. The summed E-state index contributed by atoms with van der Waals surface area (Å²) < 4.78 is 5.10. The van der Waals surface area contributed by atoms with Gasteiger partial charge in [-0.2, -0.15) is 0 Å². The molecule has 2 heteroatoms. The van der Waals surface area contributed by atoms with E-state index >= 15 is 0 Å². The first-order valence-electron chi connectivity index (χ1n) is 4.20. The third-order valence-corrected chi connectivity index (χ3v) is 1.38. The molecule has 0 aromatic heterocycles. The monoisotopic (exact) mass is 158 g/mol. The lowest BCUT2D eigenvalue weighted by Crippen LogP contribution is -2.05. The minimum atomic E-state index is 0.106. The normalized spacial score (nSPS) is 10.5. The summed E-state index contributed by atoms with van der Waals surface area (Å²) in [6.07, 6.45) is 2.24. The van der Waals surface area contributed by atoms with Crippen molar-refractivity contribution in [2.75, 3.05) is 13.2 Å². The summed E-state index contributed by atoms with van der Waals surface area (Å²) >= 11 is 0. The molecule has 0 aromatic rings. The summed E-state index contributed by atoms with van der Waals surface area (Å²) in [5.74, 6) is 0.838. The van der Waals surface area contributed by atoms with Crippen LogP contribution in [0.1, 0.15) is 33.6 Å². The van der Waals surface area contributed by atoms with Crippen LogP contribution in [0.5, 0.6) is 0 Å². The predicted octanol–water partition coefficient (Wildman–Crippen LogP) is 2.03. The van der Waals surface area contributed by atoms with Crippen molar-refractivity contribution in [2.45, 2.75) is 33.6 Å². The zero-order valence-corrected chi connectivity index (χ0v) is 7.72. The SMILES string of the molecule is CC(=O)COCCCC(C)C. The Labute approximate surface area is 68.9 Å². The number of hydrogen-bond acceptors (Lipinski definition) is 2. The number of hydrogen-bond donors (Lipinski definition) is 0. The quantitative estimate of drug-likeness (QED) is 0.553. The average Bonchev–Trinajstić information content (AvgIpc) is 1.85. The lowest BCUT2D eigenvalue weighted by molar-refractivity contribution is -0.121. The second-order valence-corrected chi connectivity index (χ2v) is 3.29. The van der Waals surface area contributed by atoms with Gasteiger partial charge in [0.15, 0.2) is 5.78 Å². The van der Waals surface area contributed by atoms with E-state index in [1.54, 1.807) is 6.92 Å². The Morgan fingerprint density at radius 3 is 2.55 bits per heavy atom. The number of ether oxygens (including phenoxy) is 1. The molecule has 66 valence electrons. The van der Waals surface area contributed by atoms with E-state index < -0.39 is 0 Å². The lowest BCUT2D eigenvalue weighted by Gasteiger charge is -2.03. The van der Waals surface area contributed by atoms with Gasteiger partial charge in [0.05, 0.1) is 0 Å². The second-order valence-electron chi connectivity index (χ2n) is 3.29. The van der Waals surface area contributed by atoms with Crippen molar-refractivity contribution in [2.24, 2.45) is 5.92 Å². The first-order valence-corrected chi connectivity index (χ1v) is 4.20. The molecule has 0 N–H and O–H groups in total. The fourth-order valence-corrected chi connectivity index (χ4v) is 0.810. The van der Waals surface area contributed by atoms with Crippen LogP contribution >= 0.6 is 0 Å². The molecule has 0 atom stereocenters. The van der Waals surface area contributed by atoms with Crippen LogP contribution in [0.4, 0.5) is 0 Å². The number of ketones is 1. The van der Waals surface area contributed by atoms with Crippen molar-refractivity contribution in [3.63, 3.8) is 0 Å². The smallest absolute Gasteiger partial charge is 0.155 e. The van der Waals surface area contributed by atoms with E-state index in [0.717, 1.165) is 18.9 Å². The van der Waals surface area contributed by atoms with E-state index in [1.165, 1.54) is 6.42 Å².